The zero-order chi connectivity index (χ0) is 12.7. The molecule has 17 heavy (non-hydrogen) atoms. The lowest BCUT2D eigenvalue weighted by Gasteiger charge is -2.47. The van der Waals surface area contributed by atoms with Gasteiger partial charge in [0.25, 0.3) is 0 Å². The molecule has 2 saturated heterocycles. The normalized spacial score (nSPS) is 27.2. The fourth-order valence-electron chi connectivity index (χ4n) is 2.32. The van der Waals surface area contributed by atoms with Gasteiger partial charge in [0.05, 0.1) is 10.9 Å². The lowest BCUT2D eigenvalue weighted by atomic mass is 9.93. The van der Waals surface area contributed by atoms with Crippen LogP contribution >= 0.6 is 11.8 Å². The largest absolute Gasteiger partial charge is 0.381 e. The highest BCUT2D eigenvalue weighted by atomic mass is 32.2. The molecule has 1 spiro atoms. The highest BCUT2D eigenvalue weighted by Gasteiger charge is 2.50. The zero-order valence-corrected chi connectivity index (χ0v) is 11.6. The Morgan fingerprint density at radius 3 is 2.65 bits per heavy atom. The summed E-state index contributed by atoms with van der Waals surface area (Å²) in [6.45, 7) is 1.32. The SMILES string of the molecule is COC1CSC2(C1)CN(C(=O)CS(C)(=O)=O)C2. The highest BCUT2D eigenvalue weighted by molar-refractivity contribution is 8.01. The number of hydrogen-bond donors (Lipinski definition) is 0. The molecule has 2 fully saturated rings. The lowest BCUT2D eigenvalue weighted by molar-refractivity contribution is -0.133. The van der Waals surface area contributed by atoms with E-state index in [0.717, 1.165) is 18.4 Å². The maximum Gasteiger partial charge on any atom is 0.237 e. The quantitative estimate of drug-likeness (QED) is 0.714. The Hall–Kier alpha value is -0.270. The Balaban J connectivity index is 1.85. The number of carbonyl (C=O) groups is 1. The van der Waals surface area contributed by atoms with E-state index in [9.17, 15) is 13.2 Å². The number of methoxy groups -OCH3 is 1. The van der Waals surface area contributed by atoms with Gasteiger partial charge in [-0.1, -0.05) is 0 Å². The first kappa shape index (κ1) is 13.2. The summed E-state index contributed by atoms with van der Waals surface area (Å²) in [5.74, 6) is 0.311. The number of thioether (sulfide) groups is 1. The molecule has 2 aliphatic rings. The minimum Gasteiger partial charge on any atom is -0.381 e. The molecule has 1 atom stereocenters. The minimum atomic E-state index is -3.22. The van der Waals surface area contributed by atoms with Crippen molar-refractivity contribution in [2.45, 2.75) is 17.3 Å². The first-order valence-electron chi connectivity index (χ1n) is 5.46. The first-order valence-corrected chi connectivity index (χ1v) is 8.50. The summed E-state index contributed by atoms with van der Waals surface area (Å²) in [6, 6.07) is 0. The standard InChI is InChI=1S/C10H17NO4S2/c1-15-8-3-10(16-4-8)6-11(7-10)9(12)5-17(2,13)14/h8H,3-7H2,1-2H3. The molecule has 2 heterocycles. The van der Waals surface area contributed by atoms with Crippen molar-refractivity contribution in [1.82, 2.24) is 4.90 Å². The average Bonchev–Trinajstić information content (AvgIpc) is 2.56. The van der Waals surface area contributed by atoms with Crippen LogP contribution in [0.3, 0.4) is 0 Å². The summed E-state index contributed by atoms with van der Waals surface area (Å²) in [5.41, 5.74) is 0. The van der Waals surface area contributed by atoms with Crippen molar-refractivity contribution in [1.29, 1.82) is 0 Å². The summed E-state index contributed by atoms with van der Waals surface area (Å²) in [7, 11) is -1.51. The van der Waals surface area contributed by atoms with Gasteiger partial charge in [-0.05, 0) is 6.42 Å². The summed E-state index contributed by atoms with van der Waals surface area (Å²) in [5, 5.41) is 0. The minimum absolute atomic E-state index is 0.119. The van der Waals surface area contributed by atoms with Gasteiger partial charge in [-0.15, -0.1) is 11.8 Å². The zero-order valence-electron chi connectivity index (χ0n) is 10.0. The molecule has 0 radical (unpaired) electrons. The monoisotopic (exact) mass is 279 g/mol. The Kier molecular flexibility index (Phi) is 3.44. The third-order valence-electron chi connectivity index (χ3n) is 3.20. The number of likely N-dealkylation sites (tertiary alicyclic amines) is 1. The molecule has 7 heteroatoms. The van der Waals surface area contributed by atoms with Crippen LogP contribution in [0, 0.1) is 0 Å². The second-order valence-electron chi connectivity index (χ2n) is 4.88. The molecule has 0 aromatic carbocycles. The van der Waals surface area contributed by atoms with Crippen molar-refractivity contribution in [3.8, 4) is 0 Å². The van der Waals surface area contributed by atoms with Gasteiger partial charge in [-0.3, -0.25) is 4.79 Å². The van der Waals surface area contributed by atoms with Gasteiger partial charge in [0.2, 0.25) is 5.91 Å². The molecule has 98 valence electrons. The number of nitrogens with zero attached hydrogens (tertiary/aromatic N) is 1. The maximum absolute atomic E-state index is 11.6. The average molecular weight is 279 g/mol. The Morgan fingerprint density at radius 1 is 1.53 bits per heavy atom. The highest BCUT2D eigenvalue weighted by Crippen LogP contribution is 2.45. The molecule has 5 nitrogen and oxygen atoms in total. The van der Waals surface area contributed by atoms with Gasteiger partial charge < -0.3 is 9.64 Å². The molecule has 0 aromatic heterocycles. The van der Waals surface area contributed by atoms with E-state index >= 15 is 0 Å². The predicted molar refractivity (Wildman–Crippen MR) is 66.9 cm³/mol. The topological polar surface area (TPSA) is 63.7 Å². The molecule has 0 aliphatic carbocycles. The molecule has 1 amide bonds. The van der Waals surface area contributed by atoms with E-state index in [0.29, 0.717) is 13.1 Å². The van der Waals surface area contributed by atoms with Crippen LogP contribution in [0.25, 0.3) is 0 Å². The van der Waals surface area contributed by atoms with Crippen molar-refractivity contribution in [3.05, 3.63) is 0 Å². The van der Waals surface area contributed by atoms with Crippen LogP contribution < -0.4 is 0 Å². The lowest BCUT2D eigenvalue weighted by Crippen LogP contribution is -2.61. The number of sulfone groups is 1. The van der Waals surface area contributed by atoms with Gasteiger partial charge in [0, 0.05) is 32.2 Å². The van der Waals surface area contributed by atoms with Crippen LogP contribution in [-0.4, -0.2) is 68.0 Å². The van der Waals surface area contributed by atoms with Crippen LogP contribution in [0.4, 0.5) is 0 Å². The summed E-state index contributed by atoms with van der Waals surface area (Å²) in [4.78, 5) is 13.3. The summed E-state index contributed by atoms with van der Waals surface area (Å²) >= 11 is 1.83. The number of hydrogen-bond acceptors (Lipinski definition) is 5. The van der Waals surface area contributed by atoms with E-state index in [2.05, 4.69) is 0 Å². The van der Waals surface area contributed by atoms with Crippen molar-refractivity contribution < 1.29 is 17.9 Å². The fraction of sp³-hybridized carbons (Fsp3) is 0.900. The van der Waals surface area contributed by atoms with Crippen LogP contribution in [0.15, 0.2) is 0 Å². The maximum atomic E-state index is 11.6. The fourth-order valence-corrected chi connectivity index (χ4v) is 4.54. The molecule has 0 bridgehead atoms. The van der Waals surface area contributed by atoms with Crippen molar-refractivity contribution in [2.75, 3.05) is 38.0 Å². The molecular formula is C10H17NO4S2. The number of amides is 1. The Morgan fingerprint density at radius 2 is 2.18 bits per heavy atom. The van der Waals surface area contributed by atoms with Gasteiger partial charge in [-0.25, -0.2) is 8.42 Å². The molecule has 1 unspecified atom stereocenters. The van der Waals surface area contributed by atoms with E-state index in [4.69, 9.17) is 4.74 Å². The smallest absolute Gasteiger partial charge is 0.237 e. The third-order valence-corrected chi connectivity index (χ3v) is 5.55. The van der Waals surface area contributed by atoms with Crippen molar-refractivity contribution in [2.24, 2.45) is 0 Å². The molecule has 2 rings (SSSR count). The second-order valence-corrected chi connectivity index (χ2v) is 8.50. The van der Waals surface area contributed by atoms with Gasteiger partial charge >= 0.3 is 0 Å². The predicted octanol–water partition coefficient (Wildman–Crippen LogP) is -0.236. The Labute approximate surface area is 106 Å². The summed E-state index contributed by atoms with van der Waals surface area (Å²) < 4.78 is 27.5. The van der Waals surface area contributed by atoms with Crippen LogP contribution in [0.1, 0.15) is 6.42 Å². The van der Waals surface area contributed by atoms with Crippen LogP contribution in [0.5, 0.6) is 0 Å². The molecule has 0 aromatic rings. The first-order chi connectivity index (χ1) is 7.84. The number of carbonyl (C=O) groups excluding carboxylic acids is 1. The third kappa shape index (κ3) is 2.95. The van der Waals surface area contributed by atoms with E-state index in [-0.39, 0.29) is 22.5 Å². The van der Waals surface area contributed by atoms with E-state index in [1.807, 2.05) is 11.8 Å². The number of ether oxygens (including phenoxy) is 1. The van der Waals surface area contributed by atoms with Crippen LogP contribution in [-0.2, 0) is 19.4 Å². The number of rotatable bonds is 3. The van der Waals surface area contributed by atoms with Crippen LogP contribution in [0.2, 0.25) is 0 Å². The van der Waals surface area contributed by atoms with Gasteiger partial charge in [0.15, 0.2) is 9.84 Å². The molecule has 0 saturated carbocycles. The van der Waals surface area contributed by atoms with E-state index < -0.39 is 9.84 Å². The van der Waals surface area contributed by atoms with Gasteiger partial charge in [0.1, 0.15) is 5.75 Å². The van der Waals surface area contributed by atoms with E-state index in [1.165, 1.54) is 0 Å². The van der Waals surface area contributed by atoms with Crippen molar-refractivity contribution >= 4 is 27.5 Å². The molecular weight excluding hydrogens is 262 g/mol. The summed E-state index contributed by atoms with van der Waals surface area (Å²) in [6.07, 6.45) is 2.31. The molecule has 2 aliphatic heterocycles. The van der Waals surface area contributed by atoms with Crippen molar-refractivity contribution in [3.63, 3.8) is 0 Å². The Bertz CT molecular complexity index is 414. The van der Waals surface area contributed by atoms with Gasteiger partial charge in [-0.2, -0.15) is 0 Å². The molecule has 0 N–H and O–H groups in total. The van der Waals surface area contributed by atoms with E-state index in [1.54, 1.807) is 12.0 Å². The second kappa shape index (κ2) is 4.44.